The van der Waals surface area contributed by atoms with Crippen LogP contribution in [0.1, 0.15) is 99.2 Å². The van der Waals surface area contributed by atoms with Crippen molar-refractivity contribution in [1.29, 1.82) is 0 Å². The van der Waals surface area contributed by atoms with Gasteiger partial charge in [0.05, 0.1) is 51.0 Å². The largest absolute Gasteiger partial charge is 0.468 e. The first-order valence-corrected chi connectivity index (χ1v) is 18.7. The minimum Gasteiger partial charge on any atom is -0.468 e. The second kappa shape index (κ2) is 12.4. The van der Waals surface area contributed by atoms with Crippen molar-refractivity contribution in [1.82, 2.24) is 25.4 Å². The molecule has 0 amide bonds. The molecule has 0 aliphatic heterocycles. The van der Waals surface area contributed by atoms with Crippen LogP contribution in [0, 0.1) is 34.1 Å². The topological polar surface area (TPSA) is 115 Å². The van der Waals surface area contributed by atoms with Gasteiger partial charge in [0.25, 0.3) is 0 Å². The SMILES string of the molecule is CC1(C)[C@H]2CC[C@]1(c1cc(=O)cc[nH]1)c1nnc(-c3c(F)cccc3F)cc12.CC1(C)[C@H]2CC[C@]1(c1cc(=O)cco1)c1nnc(-c3c(F)cccc3F)cc12. The molecule has 8 nitrogen and oxygen atoms in total. The van der Waals surface area contributed by atoms with Gasteiger partial charge in [-0.25, -0.2) is 17.6 Å². The van der Waals surface area contributed by atoms with Crippen molar-refractivity contribution in [2.75, 3.05) is 0 Å². The Balaban J connectivity index is 0.000000146. The van der Waals surface area contributed by atoms with E-state index in [1.807, 2.05) is 0 Å². The van der Waals surface area contributed by atoms with Crippen LogP contribution in [0.15, 0.2) is 99.3 Å². The van der Waals surface area contributed by atoms with Gasteiger partial charge in [-0.05, 0) is 95.9 Å². The standard InChI is InChI=1S/C22H19F2N3O.C22H18F2N2O2/c1-21(2)14-6-8-22(21,18-10-12(28)7-9-25-18)20-13(14)11-17(26-27-20)19-15(23)4-3-5-16(19)24;1-21(2)14-6-8-22(21,18-10-12(27)7-9-28-18)20-13(14)11-17(25-26-20)19-15(23)4-3-5-16(19)24/h3-5,7,9-11,14H,6,8H2,1-2H3,(H,25,28);3-5,7,9-11,14H,6,8H2,1-2H3/t2*14-,22-/m00/s1. The molecule has 4 aliphatic carbocycles. The Kier molecular flexibility index (Phi) is 7.92. The van der Waals surface area contributed by atoms with Gasteiger partial charge in [-0.2, -0.15) is 10.2 Å². The summed E-state index contributed by atoms with van der Waals surface area (Å²) in [6.45, 7) is 8.59. The van der Waals surface area contributed by atoms with Crippen molar-refractivity contribution in [2.45, 2.75) is 76.0 Å². The average Bonchev–Trinajstić information content (AvgIpc) is 3.74. The molecule has 284 valence electrons. The van der Waals surface area contributed by atoms with E-state index in [1.165, 1.54) is 60.9 Å². The third kappa shape index (κ3) is 4.76. The van der Waals surface area contributed by atoms with Gasteiger partial charge in [0.1, 0.15) is 29.0 Å². The third-order valence-corrected chi connectivity index (χ3v) is 13.6. The van der Waals surface area contributed by atoms with Crippen molar-refractivity contribution >= 4 is 0 Å². The summed E-state index contributed by atoms with van der Waals surface area (Å²) in [5.41, 5.74) is 2.62. The lowest BCUT2D eigenvalue weighted by atomic mass is 9.66. The van der Waals surface area contributed by atoms with Crippen LogP contribution in [0.2, 0.25) is 0 Å². The number of H-pyrrole nitrogens is 1. The summed E-state index contributed by atoms with van der Waals surface area (Å²) >= 11 is 0. The Hall–Kier alpha value is -5.78. The van der Waals surface area contributed by atoms with Crippen molar-refractivity contribution in [2.24, 2.45) is 10.8 Å². The number of benzene rings is 2. The van der Waals surface area contributed by atoms with Crippen LogP contribution in [-0.4, -0.2) is 25.4 Å². The molecule has 0 unspecified atom stereocenters. The summed E-state index contributed by atoms with van der Waals surface area (Å²) in [4.78, 5) is 27.2. The molecule has 10 rings (SSSR count). The van der Waals surface area contributed by atoms with Crippen LogP contribution in [0.3, 0.4) is 0 Å². The minimum atomic E-state index is -0.666. The molecule has 4 bridgehead atoms. The molecular formula is C44H37F4N5O3. The molecule has 2 fully saturated rings. The quantitative estimate of drug-likeness (QED) is 0.179. The molecule has 0 radical (unpaired) electrons. The van der Waals surface area contributed by atoms with Gasteiger partial charge in [0.2, 0.25) is 0 Å². The molecule has 4 aromatic heterocycles. The molecule has 4 atom stereocenters. The number of halogens is 4. The summed E-state index contributed by atoms with van der Waals surface area (Å²) in [5.74, 6) is -1.75. The maximum Gasteiger partial charge on any atom is 0.185 e. The predicted octanol–water partition coefficient (Wildman–Crippen LogP) is 8.89. The Morgan fingerprint density at radius 3 is 1.62 bits per heavy atom. The first-order valence-electron chi connectivity index (χ1n) is 18.7. The van der Waals surface area contributed by atoms with Gasteiger partial charge in [0.15, 0.2) is 10.9 Å². The number of nitrogens with zero attached hydrogens (tertiary/aromatic N) is 4. The molecule has 2 aromatic carbocycles. The lowest BCUT2D eigenvalue weighted by Crippen LogP contribution is -2.38. The number of nitrogens with one attached hydrogen (secondary N) is 1. The zero-order valence-electron chi connectivity index (χ0n) is 31.1. The van der Waals surface area contributed by atoms with E-state index in [0.29, 0.717) is 5.76 Å². The van der Waals surface area contributed by atoms with E-state index in [-0.39, 0.29) is 56.0 Å². The Morgan fingerprint density at radius 2 is 1.11 bits per heavy atom. The maximum atomic E-state index is 14.3. The van der Waals surface area contributed by atoms with Crippen LogP contribution < -0.4 is 10.9 Å². The highest BCUT2D eigenvalue weighted by Gasteiger charge is 2.66. The molecule has 0 spiro atoms. The van der Waals surface area contributed by atoms with Crippen molar-refractivity contribution in [3.05, 3.63) is 163 Å². The third-order valence-electron chi connectivity index (χ3n) is 13.6. The summed E-state index contributed by atoms with van der Waals surface area (Å²) in [7, 11) is 0. The molecule has 2 saturated carbocycles. The Morgan fingerprint density at radius 1 is 0.625 bits per heavy atom. The number of pyridine rings is 1. The highest BCUT2D eigenvalue weighted by atomic mass is 19.1. The maximum absolute atomic E-state index is 14.3. The van der Waals surface area contributed by atoms with Crippen LogP contribution in [0.5, 0.6) is 0 Å². The van der Waals surface area contributed by atoms with Gasteiger partial charge in [-0.1, -0.05) is 39.8 Å². The normalized spacial score (nSPS) is 24.4. The monoisotopic (exact) mass is 759 g/mol. The number of aromatic nitrogens is 5. The van der Waals surface area contributed by atoms with E-state index in [1.54, 1.807) is 24.4 Å². The van der Waals surface area contributed by atoms with E-state index in [0.717, 1.165) is 53.9 Å². The molecule has 56 heavy (non-hydrogen) atoms. The first kappa shape index (κ1) is 35.9. The molecule has 12 heteroatoms. The molecule has 0 saturated heterocycles. The fourth-order valence-electron chi connectivity index (χ4n) is 10.8. The fraction of sp³-hybridized carbons (Fsp3) is 0.318. The van der Waals surface area contributed by atoms with Gasteiger partial charge in [-0.15, -0.1) is 10.2 Å². The van der Waals surface area contributed by atoms with Crippen LogP contribution in [-0.2, 0) is 10.8 Å². The molecule has 4 heterocycles. The van der Waals surface area contributed by atoms with E-state index in [4.69, 9.17) is 4.42 Å². The predicted molar refractivity (Wildman–Crippen MR) is 200 cm³/mol. The first-order chi connectivity index (χ1) is 26.7. The lowest BCUT2D eigenvalue weighted by molar-refractivity contribution is 0.210. The van der Waals surface area contributed by atoms with Gasteiger partial charge in [0, 0.05) is 36.2 Å². The van der Waals surface area contributed by atoms with E-state index in [9.17, 15) is 27.2 Å². The van der Waals surface area contributed by atoms with Crippen molar-refractivity contribution in [3.63, 3.8) is 0 Å². The van der Waals surface area contributed by atoms with E-state index < -0.39 is 34.1 Å². The van der Waals surface area contributed by atoms with Gasteiger partial charge >= 0.3 is 0 Å². The lowest BCUT2D eigenvalue weighted by Gasteiger charge is -2.37. The number of fused-ring (bicyclic) bond motifs is 10. The average molecular weight is 760 g/mol. The molecular weight excluding hydrogens is 723 g/mol. The molecule has 6 aromatic rings. The summed E-state index contributed by atoms with van der Waals surface area (Å²) in [6.07, 6.45) is 6.49. The summed E-state index contributed by atoms with van der Waals surface area (Å²) in [6, 6.07) is 17.1. The number of hydrogen-bond acceptors (Lipinski definition) is 7. The Labute approximate surface area is 319 Å². The summed E-state index contributed by atoms with van der Waals surface area (Å²) < 4.78 is 62.8. The van der Waals surface area contributed by atoms with Crippen molar-refractivity contribution < 1.29 is 22.0 Å². The zero-order valence-corrected chi connectivity index (χ0v) is 31.1. The van der Waals surface area contributed by atoms with Gasteiger partial charge in [-0.3, -0.25) is 9.59 Å². The number of rotatable bonds is 4. The second-order valence-electron chi connectivity index (χ2n) is 16.5. The summed E-state index contributed by atoms with van der Waals surface area (Å²) in [5, 5.41) is 17.3. The van der Waals surface area contributed by atoms with Crippen LogP contribution in [0.4, 0.5) is 17.6 Å². The van der Waals surface area contributed by atoms with Crippen LogP contribution >= 0.6 is 0 Å². The fourth-order valence-corrected chi connectivity index (χ4v) is 10.8. The minimum absolute atomic E-state index is 0.0613. The van der Waals surface area contributed by atoms with E-state index in [2.05, 4.69) is 53.1 Å². The van der Waals surface area contributed by atoms with Crippen molar-refractivity contribution in [3.8, 4) is 22.5 Å². The van der Waals surface area contributed by atoms with Gasteiger partial charge < -0.3 is 9.40 Å². The second-order valence-corrected chi connectivity index (χ2v) is 16.5. The highest BCUT2D eigenvalue weighted by Crippen LogP contribution is 2.70. The number of hydrogen-bond donors (Lipinski definition) is 1. The smallest absolute Gasteiger partial charge is 0.185 e. The van der Waals surface area contributed by atoms with E-state index >= 15 is 0 Å². The molecule has 4 aliphatic rings. The zero-order chi connectivity index (χ0) is 39.4. The number of aromatic amines is 1. The highest BCUT2D eigenvalue weighted by molar-refractivity contribution is 5.65. The Bertz CT molecular complexity index is 2490. The van der Waals surface area contributed by atoms with Crippen LogP contribution in [0.25, 0.3) is 22.5 Å². The molecule has 1 N–H and O–H groups in total.